The minimum Gasteiger partial charge on any atom is -0.331 e. The van der Waals surface area contributed by atoms with Crippen molar-refractivity contribution >= 4 is 40.7 Å². The number of rotatable bonds is 2. The predicted molar refractivity (Wildman–Crippen MR) is 75.4 cm³/mol. The van der Waals surface area contributed by atoms with E-state index >= 15 is 0 Å². The van der Waals surface area contributed by atoms with Crippen LogP contribution in [0.15, 0.2) is 23.3 Å². The van der Waals surface area contributed by atoms with Gasteiger partial charge in [-0.1, -0.05) is 55.6 Å². The summed E-state index contributed by atoms with van der Waals surface area (Å²) in [5, 5.41) is 2.54. The second-order valence-corrected chi connectivity index (χ2v) is 7.35. The molecule has 0 saturated carbocycles. The lowest BCUT2D eigenvalue weighted by molar-refractivity contribution is -0.129. The van der Waals surface area contributed by atoms with Crippen molar-refractivity contribution in [3.8, 4) is 0 Å². The third kappa shape index (κ3) is 4.37. The summed E-state index contributed by atoms with van der Waals surface area (Å²) in [5.74, 6) is -0.348. The van der Waals surface area contributed by atoms with Crippen LogP contribution in [-0.4, -0.2) is 19.3 Å². The number of carbonyl (C=O) groups excluding carboxylic acids is 1. The molecule has 0 aliphatic heterocycles. The Labute approximate surface area is 125 Å². The topological polar surface area (TPSA) is 64.0 Å². The van der Waals surface area contributed by atoms with E-state index in [-0.39, 0.29) is 5.91 Å². The summed E-state index contributed by atoms with van der Waals surface area (Å²) in [6.45, 7) is 5.14. The van der Waals surface area contributed by atoms with Gasteiger partial charge in [0.05, 0.1) is 0 Å². The maximum absolute atomic E-state index is 12.0. The van der Waals surface area contributed by atoms with Gasteiger partial charge in [0.1, 0.15) is 0 Å². The largest absolute Gasteiger partial charge is 0.349 e. The van der Waals surface area contributed by atoms with Crippen LogP contribution < -0.4 is 11.0 Å². The lowest BCUT2D eigenvalue weighted by atomic mass is 9.95. The van der Waals surface area contributed by atoms with Crippen LogP contribution in [0.4, 0.5) is 0 Å². The van der Waals surface area contributed by atoms with Crippen LogP contribution in [0.1, 0.15) is 26.9 Å². The molecule has 1 aromatic rings. The Kier molecular flexibility index (Phi) is 4.87. The van der Waals surface area contributed by atoms with Crippen molar-refractivity contribution in [1.82, 2.24) is 14.9 Å². The monoisotopic (exact) mass is 325 g/mol. The van der Waals surface area contributed by atoms with Crippen molar-refractivity contribution in [3.05, 3.63) is 28.9 Å². The molecule has 0 saturated heterocycles. The highest BCUT2D eigenvalue weighted by Crippen LogP contribution is 2.36. The van der Waals surface area contributed by atoms with Crippen molar-refractivity contribution < 1.29 is 4.79 Å². The SMILES string of the molecule is CC(C)(C)C(=O)NC(n1cccnc1=O)C(Cl)(Cl)Cl. The van der Waals surface area contributed by atoms with Gasteiger partial charge in [-0.05, 0) is 6.07 Å². The second kappa shape index (κ2) is 5.69. The second-order valence-electron chi connectivity index (χ2n) is 4.98. The average molecular weight is 327 g/mol. The van der Waals surface area contributed by atoms with Crippen molar-refractivity contribution in [2.75, 3.05) is 0 Å². The van der Waals surface area contributed by atoms with E-state index in [9.17, 15) is 9.59 Å². The fourth-order valence-electron chi connectivity index (χ4n) is 1.21. The molecule has 8 heteroatoms. The van der Waals surface area contributed by atoms with Gasteiger partial charge in [-0.25, -0.2) is 9.78 Å². The molecular formula is C11H14Cl3N3O2. The maximum atomic E-state index is 12.0. The van der Waals surface area contributed by atoms with Crippen LogP contribution in [0.3, 0.4) is 0 Å². The van der Waals surface area contributed by atoms with E-state index in [4.69, 9.17) is 34.8 Å². The van der Waals surface area contributed by atoms with E-state index < -0.39 is 21.1 Å². The fraction of sp³-hybridized carbons (Fsp3) is 0.545. The Hall–Kier alpha value is -0.780. The van der Waals surface area contributed by atoms with Crippen molar-refractivity contribution in [1.29, 1.82) is 0 Å². The molecule has 1 unspecified atom stereocenters. The summed E-state index contributed by atoms with van der Waals surface area (Å²) in [6.07, 6.45) is 1.58. The summed E-state index contributed by atoms with van der Waals surface area (Å²) >= 11 is 17.5. The summed E-state index contributed by atoms with van der Waals surface area (Å²) in [7, 11) is 0. The van der Waals surface area contributed by atoms with Crippen LogP contribution >= 0.6 is 34.8 Å². The van der Waals surface area contributed by atoms with Gasteiger partial charge < -0.3 is 5.32 Å². The highest BCUT2D eigenvalue weighted by Gasteiger charge is 2.38. The fourth-order valence-corrected chi connectivity index (χ4v) is 1.69. The van der Waals surface area contributed by atoms with E-state index in [1.54, 1.807) is 20.8 Å². The number of hydrogen-bond acceptors (Lipinski definition) is 3. The highest BCUT2D eigenvalue weighted by atomic mass is 35.6. The zero-order chi connectivity index (χ0) is 14.8. The lowest BCUT2D eigenvalue weighted by Gasteiger charge is -2.29. The molecule has 5 nitrogen and oxygen atoms in total. The van der Waals surface area contributed by atoms with Crippen LogP contribution in [0.25, 0.3) is 0 Å². The molecule has 1 rings (SSSR count). The minimum absolute atomic E-state index is 0.348. The van der Waals surface area contributed by atoms with Crippen LogP contribution in [-0.2, 0) is 4.79 Å². The zero-order valence-corrected chi connectivity index (χ0v) is 12.9. The number of halogens is 3. The van der Waals surface area contributed by atoms with Gasteiger partial charge >= 0.3 is 5.69 Å². The number of nitrogens with one attached hydrogen (secondary N) is 1. The number of hydrogen-bond donors (Lipinski definition) is 1. The molecule has 1 N–H and O–H groups in total. The van der Waals surface area contributed by atoms with Gasteiger partial charge in [-0.2, -0.15) is 0 Å². The molecule has 1 aromatic heterocycles. The molecule has 0 radical (unpaired) electrons. The Balaban J connectivity index is 3.16. The Morgan fingerprint density at radius 1 is 1.37 bits per heavy atom. The summed E-state index contributed by atoms with van der Waals surface area (Å²) in [4.78, 5) is 27.2. The number of amides is 1. The quantitative estimate of drug-likeness (QED) is 0.848. The predicted octanol–water partition coefficient (Wildman–Crippen LogP) is 2.27. The first-order valence-corrected chi connectivity index (χ1v) is 6.57. The van der Waals surface area contributed by atoms with Crippen LogP contribution in [0, 0.1) is 5.41 Å². The van der Waals surface area contributed by atoms with Gasteiger partial charge in [-0.3, -0.25) is 9.36 Å². The lowest BCUT2D eigenvalue weighted by Crippen LogP contribution is -2.48. The number of alkyl halides is 3. The molecule has 1 atom stereocenters. The smallest absolute Gasteiger partial charge is 0.331 e. The first kappa shape index (κ1) is 16.3. The van der Waals surface area contributed by atoms with Gasteiger partial charge in [0, 0.05) is 17.8 Å². The molecule has 19 heavy (non-hydrogen) atoms. The molecule has 0 aliphatic carbocycles. The van der Waals surface area contributed by atoms with Crippen molar-refractivity contribution in [2.24, 2.45) is 5.41 Å². The van der Waals surface area contributed by atoms with E-state index in [0.29, 0.717) is 0 Å². The normalized spacial score (nSPS) is 14.0. The summed E-state index contributed by atoms with van der Waals surface area (Å²) < 4.78 is -0.815. The van der Waals surface area contributed by atoms with Crippen molar-refractivity contribution in [3.63, 3.8) is 0 Å². The third-order valence-electron chi connectivity index (χ3n) is 2.28. The Bertz CT molecular complexity index is 517. The third-order valence-corrected chi connectivity index (χ3v) is 2.90. The van der Waals surface area contributed by atoms with Crippen LogP contribution in [0.5, 0.6) is 0 Å². The summed E-state index contributed by atoms with van der Waals surface area (Å²) in [5.41, 5.74) is -1.30. The van der Waals surface area contributed by atoms with Gasteiger partial charge in [0.2, 0.25) is 9.70 Å². The number of nitrogens with zero attached hydrogens (tertiary/aromatic N) is 2. The highest BCUT2D eigenvalue weighted by molar-refractivity contribution is 6.67. The molecule has 0 bridgehead atoms. The van der Waals surface area contributed by atoms with Gasteiger partial charge in [0.15, 0.2) is 6.17 Å². The van der Waals surface area contributed by atoms with E-state index in [2.05, 4.69) is 10.3 Å². The van der Waals surface area contributed by atoms with E-state index in [1.807, 2.05) is 0 Å². The minimum atomic E-state index is -1.88. The zero-order valence-electron chi connectivity index (χ0n) is 10.7. The van der Waals surface area contributed by atoms with Crippen molar-refractivity contribution in [2.45, 2.75) is 30.7 Å². The molecule has 0 aromatic carbocycles. The molecule has 106 valence electrons. The van der Waals surface area contributed by atoms with E-state index in [1.165, 1.54) is 18.5 Å². The number of aromatic nitrogens is 2. The van der Waals surface area contributed by atoms with Gasteiger partial charge in [-0.15, -0.1) is 0 Å². The molecule has 0 aliphatic rings. The molecular weight excluding hydrogens is 312 g/mol. The molecule has 1 amide bonds. The van der Waals surface area contributed by atoms with Crippen LogP contribution in [0.2, 0.25) is 0 Å². The van der Waals surface area contributed by atoms with Gasteiger partial charge in [0.25, 0.3) is 0 Å². The molecule has 1 heterocycles. The number of carbonyl (C=O) groups is 1. The maximum Gasteiger partial charge on any atom is 0.349 e. The average Bonchev–Trinajstić information content (AvgIpc) is 2.24. The molecule has 0 spiro atoms. The Morgan fingerprint density at radius 2 is 1.95 bits per heavy atom. The first-order chi connectivity index (χ1) is 8.53. The van der Waals surface area contributed by atoms with E-state index in [0.717, 1.165) is 4.57 Å². The molecule has 0 fully saturated rings. The Morgan fingerprint density at radius 3 is 2.37 bits per heavy atom. The summed E-state index contributed by atoms with van der Waals surface area (Å²) in [6, 6.07) is 1.51. The first-order valence-electron chi connectivity index (χ1n) is 5.44. The standard InChI is InChI=1S/C11H14Cl3N3O2/c1-10(2,3)8(18)16-7(11(12,13)14)17-6-4-5-15-9(17)19/h4-7H,1-3H3,(H,16,18).